The van der Waals surface area contributed by atoms with Gasteiger partial charge in [-0.15, -0.1) is 0 Å². The number of nitrogens with zero attached hydrogens (tertiary/aromatic N) is 2. The van der Waals surface area contributed by atoms with Crippen LogP contribution in [0, 0.1) is 12.7 Å². The third-order valence-electron chi connectivity index (χ3n) is 3.98. The van der Waals surface area contributed by atoms with E-state index in [0.29, 0.717) is 23.6 Å². The SMILES string of the molecule is CCOc1ccccc1/C=C/C(=O)c1cnn(-c2ccc(F)cc2)c1C. The van der Waals surface area contributed by atoms with Crippen LogP contribution in [0.25, 0.3) is 11.8 Å². The van der Waals surface area contributed by atoms with Gasteiger partial charge in [-0.05, 0) is 56.3 Å². The minimum atomic E-state index is -0.314. The Kier molecular flexibility index (Phi) is 5.27. The number of halogens is 1. The monoisotopic (exact) mass is 350 g/mol. The van der Waals surface area contributed by atoms with Gasteiger partial charge in [-0.3, -0.25) is 4.79 Å². The molecule has 3 aromatic rings. The number of aromatic nitrogens is 2. The second kappa shape index (κ2) is 7.78. The number of allylic oxidation sites excluding steroid dienone is 1. The van der Waals surface area contributed by atoms with Gasteiger partial charge in [0.1, 0.15) is 11.6 Å². The van der Waals surface area contributed by atoms with Crippen molar-refractivity contribution >= 4 is 11.9 Å². The Morgan fingerprint density at radius 2 is 1.92 bits per heavy atom. The Balaban J connectivity index is 1.84. The van der Waals surface area contributed by atoms with E-state index in [2.05, 4.69) is 5.10 Å². The highest BCUT2D eigenvalue weighted by atomic mass is 19.1. The third-order valence-corrected chi connectivity index (χ3v) is 3.98. The van der Waals surface area contributed by atoms with Gasteiger partial charge in [0.25, 0.3) is 0 Å². The number of carbonyl (C=O) groups excluding carboxylic acids is 1. The van der Waals surface area contributed by atoms with Crippen molar-refractivity contribution in [2.45, 2.75) is 13.8 Å². The standard InChI is InChI=1S/C21H19FN2O2/c1-3-26-21-7-5-4-6-16(21)8-13-20(25)19-14-23-24(15(19)2)18-11-9-17(22)10-12-18/h4-14H,3H2,1-2H3/b13-8+. The summed E-state index contributed by atoms with van der Waals surface area (Å²) in [6, 6.07) is 13.5. The molecule has 4 nitrogen and oxygen atoms in total. The van der Waals surface area contributed by atoms with Crippen molar-refractivity contribution in [2.75, 3.05) is 6.61 Å². The predicted octanol–water partition coefficient (Wildman–Crippen LogP) is 4.61. The number of rotatable bonds is 6. The Hall–Kier alpha value is -3.21. The summed E-state index contributed by atoms with van der Waals surface area (Å²) in [6.07, 6.45) is 4.78. The van der Waals surface area contributed by atoms with Crippen LogP contribution in [0.1, 0.15) is 28.5 Å². The van der Waals surface area contributed by atoms with Gasteiger partial charge in [-0.2, -0.15) is 5.10 Å². The van der Waals surface area contributed by atoms with Crippen LogP contribution in [0.4, 0.5) is 4.39 Å². The van der Waals surface area contributed by atoms with Gasteiger partial charge in [0.05, 0.1) is 29.7 Å². The van der Waals surface area contributed by atoms with E-state index in [1.165, 1.54) is 24.4 Å². The molecule has 0 unspecified atom stereocenters. The van der Waals surface area contributed by atoms with E-state index in [-0.39, 0.29) is 11.6 Å². The Bertz CT molecular complexity index is 943. The minimum absolute atomic E-state index is 0.151. The molecule has 0 radical (unpaired) electrons. The minimum Gasteiger partial charge on any atom is -0.493 e. The predicted molar refractivity (Wildman–Crippen MR) is 99.2 cm³/mol. The molecule has 0 bridgehead atoms. The summed E-state index contributed by atoms with van der Waals surface area (Å²) in [6.45, 7) is 4.28. The van der Waals surface area contributed by atoms with Crippen LogP contribution in [-0.4, -0.2) is 22.2 Å². The van der Waals surface area contributed by atoms with E-state index in [9.17, 15) is 9.18 Å². The van der Waals surface area contributed by atoms with E-state index in [0.717, 1.165) is 11.3 Å². The fourth-order valence-corrected chi connectivity index (χ4v) is 2.65. The second-order valence-electron chi connectivity index (χ2n) is 5.70. The van der Waals surface area contributed by atoms with Crippen LogP contribution in [0.2, 0.25) is 0 Å². The van der Waals surface area contributed by atoms with Gasteiger partial charge >= 0.3 is 0 Å². The topological polar surface area (TPSA) is 44.1 Å². The normalized spacial score (nSPS) is 11.0. The summed E-state index contributed by atoms with van der Waals surface area (Å²) >= 11 is 0. The summed E-state index contributed by atoms with van der Waals surface area (Å²) in [4.78, 5) is 12.6. The molecule has 0 fully saturated rings. The van der Waals surface area contributed by atoms with Crippen molar-refractivity contribution in [1.82, 2.24) is 9.78 Å². The summed E-state index contributed by atoms with van der Waals surface area (Å²) in [5.41, 5.74) is 2.74. The fraction of sp³-hybridized carbons (Fsp3) is 0.143. The number of ketones is 1. The lowest BCUT2D eigenvalue weighted by molar-refractivity contribution is 0.104. The molecule has 5 heteroatoms. The van der Waals surface area contributed by atoms with Crippen LogP contribution in [-0.2, 0) is 0 Å². The highest BCUT2D eigenvalue weighted by Gasteiger charge is 2.13. The molecule has 0 saturated carbocycles. The number of hydrogen-bond donors (Lipinski definition) is 0. The molecule has 0 aliphatic rings. The summed E-state index contributed by atoms with van der Waals surface area (Å²) in [7, 11) is 0. The van der Waals surface area contributed by atoms with Gasteiger partial charge in [0.2, 0.25) is 0 Å². The molecule has 0 saturated heterocycles. The highest BCUT2D eigenvalue weighted by molar-refractivity contribution is 6.07. The lowest BCUT2D eigenvalue weighted by atomic mass is 10.1. The first-order valence-corrected chi connectivity index (χ1v) is 8.35. The molecule has 0 amide bonds. The number of benzene rings is 2. The maximum Gasteiger partial charge on any atom is 0.189 e. The molecular formula is C21H19FN2O2. The molecule has 2 aromatic carbocycles. The number of ether oxygens (including phenoxy) is 1. The summed E-state index contributed by atoms with van der Waals surface area (Å²) in [5, 5.41) is 4.25. The average molecular weight is 350 g/mol. The van der Waals surface area contributed by atoms with Crippen LogP contribution in [0.5, 0.6) is 5.75 Å². The van der Waals surface area contributed by atoms with Crippen LogP contribution >= 0.6 is 0 Å². The molecule has 0 spiro atoms. The Morgan fingerprint density at radius 1 is 1.19 bits per heavy atom. The Labute approximate surface area is 151 Å². The Morgan fingerprint density at radius 3 is 2.65 bits per heavy atom. The van der Waals surface area contributed by atoms with Crippen LogP contribution in [0.3, 0.4) is 0 Å². The lowest BCUT2D eigenvalue weighted by Crippen LogP contribution is -2.02. The zero-order valence-electron chi connectivity index (χ0n) is 14.6. The molecule has 1 aromatic heterocycles. The lowest BCUT2D eigenvalue weighted by Gasteiger charge is -2.06. The maximum atomic E-state index is 13.1. The smallest absolute Gasteiger partial charge is 0.189 e. The van der Waals surface area contributed by atoms with Crippen molar-refractivity contribution in [1.29, 1.82) is 0 Å². The van der Waals surface area contributed by atoms with Gasteiger partial charge in [-0.25, -0.2) is 9.07 Å². The largest absolute Gasteiger partial charge is 0.493 e. The summed E-state index contributed by atoms with van der Waals surface area (Å²) in [5.74, 6) is 0.269. The van der Waals surface area contributed by atoms with E-state index in [1.807, 2.05) is 38.1 Å². The highest BCUT2D eigenvalue weighted by Crippen LogP contribution is 2.20. The van der Waals surface area contributed by atoms with Crippen molar-refractivity contribution in [2.24, 2.45) is 0 Å². The first kappa shape index (κ1) is 17.6. The molecule has 0 aliphatic heterocycles. The second-order valence-corrected chi connectivity index (χ2v) is 5.70. The van der Waals surface area contributed by atoms with E-state index >= 15 is 0 Å². The van der Waals surface area contributed by atoms with E-state index < -0.39 is 0 Å². The molecule has 0 N–H and O–H groups in total. The molecule has 0 atom stereocenters. The van der Waals surface area contributed by atoms with Crippen LogP contribution < -0.4 is 4.74 Å². The van der Waals surface area contributed by atoms with Crippen molar-refractivity contribution < 1.29 is 13.9 Å². The van der Waals surface area contributed by atoms with Crippen molar-refractivity contribution in [3.8, 4) is 11.4 Å². The van der Waals surface area contributed by atoms with Gasteiger partial charge in [-0.1, -0.05) is 18.2 Å². The molecule has 132 valence electrons. The zero-order chi connectivity index (χ0) is 18.5. The molecular weight excluding hydrogens is 331 g/mol. The molecule has 1 heterocycles. The van der Waals surface area contributed by atoms with E-state index in [1.54, 1.807) is 22.9 Å². The van der Waals surface area contributed by atoms with Gasteiger partial charge < -0.3 is 4.74 Å². The van der Waals surface area contributed by atoms with Gasteiger partial charge in [0.15, 0.2) is 5.78 Å². The molecule has 3 rings (SSSR count). The fourth-order valence-electron chi connectivity index (χ4n) is 2.65. The number of hydrogen-bond acceptors (Lipinski definition) is 3. The first-order valence-electron chi connectivity index (χ1n) is 8.35. The quantitative estimate of drug-likeness (QED) is 0.481. The van der Waals surface area contributed by atoms with Crippen molar-refractivity contribution in [3.63, 3.8) is 0 Å². The first-order chi connectivity index (χ1) is 12.6. The molecule has 0 aliphatic carbocycles. The number of para-hydroxylation sites is 1. The molecule has 26 heavy (non-hydrogen) atoms. The number of carbonyl (C=O) groups is 1. The average Bonchev–Trinajstić information content (AvgIpc) is 3.03. The zero-order valence-corrected chi connectivity index (χ0v) is 14.6. The summed E-state index contributed by atoms with van der Waals surface area (Å²) < 4.78 is 20.3. The third kappa shape index (κ3) is 3.72. The maximum absolute atomic E-state index is 13.1. The van der Waals surface area contributed by atoms with Crippen molar-refractivity contribution in [3.05, 3.63) is 83.4 Å². The van der Waals surface area contributed by atoms with Gasteiger partial charge in [0, 0.05) is 5.56 Å². The van der Waals surface area contributed by atoms with Crippen LogP contribution in [0.15, 0.2) is 60.8 Å². The van der Waals surface area contributed by atoms with E-state index in [4.69, 9.17) is 4.74 Å².